The number of nitrogens with zero attached hydrogens (tertiary/aromatic N) is 2. The van der Waals surface area contributed by atoms with Crippen molar-refractivity contribution in [1.82, 2.24) is 14.5 Å². The number of likely N-dealkylation sites (N-methyl/N-ethyl adjacent to an activating group) is 1. The number of imidazole rings is 1. The Bertz CT molecular complexity index is 622. The predicted octanol–water partition coefficient (Wildman–Crippen LogP) is 3.77. The van der Waals surface area contributed by atoms with Crippen LogP contribution in [0, 0.1) is 17.6 Å². The van der Waals surface area contributed by atoms with Crippen LogP contribution in [0.2, 0.25) is 0 Å². The Kier molecular flexibility index (Phi) is 4.11. The van der Waals surface area contributed by atoms with Crippen molar-refractivity contribution in [2.45, 2.75) is 26.8 Å². The summed E-state index contributed by atoms with van der Waals surface area (Å²) < 4.78 is 3.09. The minimum atomic E-state index is 0.388. The van der Waals surface area contributed by atoms with E-state index in [4.69, 9.17) is 12.2 Å². The smallest absolute Gasteiger partial charge is 0.178 e. The second-order valence-electron chi connectivity index (χ2n) is 5.89. The molecule has 1 atom stereocenters. The van der Waals surface area contributed by atoms with E-state index >= 15 is 0 Å². The van der Waals surface area contributed by atoms with E-state index in [1.807, 2.05) is 0 Å². The lowest BCUT2D eigenvalue weighted by molar-refractivity contribution is 0.272. The van der Waals surface area contributed by atoms with Gasteiger partial charge in [0, 0.05) is 6.54 Å². The maximum atomic E-state index is 5.53. The highest BCUT2D eigenvalue weighted by molar-refractivity contribution is 7.71. The number of rotatable bonds is 4. The van der Waals surface area contributed by atoms with Crippen LogP contribution < -0.4 is 0 Å². The molecule has 1 N–H and O–H groups in total. The molecule has 104 valence electrons. The van der Waals surface area contributed by atoms with Crippen molar-refractivity contribution in [1.29, 1.82) is 0 Å². The first-order valence-electron chi connectivity index (χ1n) is 6.75. The van der Waals surface area contributed by atoms with Crippen LogP contribution in [0.1, 0.15) is 25.5 Å². The molecule has 4 heteroatoms. The fourth-order valence-corrected chi connectivity index (χ4v) is 2.88. The Morgan fingerprint density at radius 1 is 1.32 bits per heavy atom. The van der Waals surface area contributed by atoms with Crippen LogP contribution in [0.5, 0.6) is 0 Å². The summed E-state index contributed by atoms with van der Waals surface area (Å²) in [5.41, 5.74) is 3.59. The first kappa shape index (κ1) is 14.3. The van der Waals surface area contributed by atoms with E-state index in [1.165, 1.54) is 11.1 Å². The van der Waals surface area contributed by atoms with Gasteiger partial charge in [0.25, 0.3) is 0 Å². The number of hydrogen-bond donors (Lipinski definition) is 1. The predicted molar refractivity (Wildman–Crippen MR) is 84.3 cm³/mol. The fraction of sp³-hybridized carbons (Fsp3) is 0.533. The van der Waals surface area contributed by atoms with Gasteiger partial charge in [-0.25, -0.2) is 0 Å². The molecule has 0 fully saturated rings. The van der Waals surface area contributed by atoms with Crippen LogP contribution in [0.15, 0.2) is 18.2 Å². The van der Waals surface area contributed by atoms with E-state index in [-0.39, 0.29) is 0 Å². The third kappa shape index (κ3) is 2.90. The molecule has 0 aliphatic heterocycles. The maximum Gasteiger partial charge on any atom is 0.178 e. The van der Waals surface area contributed by atoms with Gasteiger partial charge in [-0.2, -0.15) is 0 Å². The maximum absolute atomic E-state index is 5.53. The van der Waals surface area contributed by atoms with Gasteiger partial charge in [-0.05, 0) is 56.9 Å². The zero-order valence-electron chi connectivity index (χ0n) is 12.4. The molecule has 1 aromatic heterocycles. The molecule has 0 amide bonds. The molecule has 0 aliphatic rings. The lowest BCUT2D eigenvalue weighted by atomic mass is 10.0. The molecular formula is C15H23N3S. The van der Waals surface area contributed by atoms with Crippen molar-refractivity contribution in [2.75, 3.05) is 20.6 Å². The number of aromatic nitrogens is 2. The first-order chi connectivity index (χ1) is 8.90. The van der Waals surface area contributed by atoms with Gasteiger partial charge in [0.15, 0.2) is 4.77 Å². The molecule has 0 saturated carbocycles. The molecule has 1 aromatic carbocycles. The third-order valence-corrected chi connectivity index (χ3v) is 3.82. The van der Waals surface area contributed by atoms with Gasteiger partial charge in [-0.1, -0.05) is 19.9 Å². The van der Waals surface area contributed by atoms with Crippen LogP contribution >= 0.6 is 12.2 Å². The zero-order chi connectivity index (χ0) is 14.2. The van der Waals surface area contributed by atoms with E-state index in [0.29, 0.717) is 12.0 Å². The van der Waals surface area contributed by atoms with E-state index in [9.17, 15) is 0 Å². The SMILES string of the molecule is Cc1ccc2c(c1)[nH]c(=S)n2C(CN(C)C)C(C)C. The van der Waals surface area contributed by atoms with Gasteiger partial charge in [0.05, 0.1) is 17.1 Å². The van der Waals surface area contributed by atoms with Crippen molar-refractivity contribution in [3.05, 3.63) is 28.5 Å². The van der Waals surface area contributed by atoms with Gasteiger partial charge in [0.2, 0.25) is 0 Å². The van der Waals surface area contributed by atoms with Gasteiger partial charge in [-0.15, -0.1) is 0 Å². The molecule has 2 aromatic rings. The van der Waals surface area contributed by atoms with E-state index in [0.717, 1.165) is 16.8 Å². The summed E-state index contributed by atoms with van der Waals surface area (Å²) in [6.07, 6.45) is 0. The Morgan fingerprint density at radius 2 is 2.00 bits per heavy atom. The lowest BCUT2D eigenvalue weighted by Gasteiger charge is -2.26. The summed E-state index contributed by atoms with van der Waals surface area (Å²) in [6.45, 7) is 7.60. The molecule has 0 bridgehead atoms. The van der Waals surface area contributed by atoms with Crippen LogP contribution in [0.25, 0.3) is 11.0 Å². The largest absolute Gasteiger partial charge is 0.331 e. The monoisotopic (exact) mass is 277 g/mol. The highest BCUT2D eigenvalue weighted by Crippen LogP contribution is 2.25. The molecule has 0 spiro atoms. The average molecular weight is 277 g/mol. The van der Waals surface area contributed by atoms with E-state index in [1.54, 1.807) is 0 Å². The van der Waals surface area contributed by atoms with Crippen molar-refractivity contribution < 1.29 is 0 Å². The van der Waals surface area contributed by atoms with Crippen LogP contribution in [0.4, 0.5) is 0 Å². The molecule has 1 unspecified atom stereocenters. The number of aryl methyl sites for hydroxylation is 1. The number of aromatic amines is 1. The topological polar surface area (TPSA) is 24.0 Å². The quantitative estimate of drug-likeness (QED) is 0.860. The highest BCUT2D eigenvalue weighted by atomic mass is 32.1. The molecule has 2 rings (SSSR count). The fourth-order valence-electron chi connectivity index (χ4n) is 2.54. The third-order valence-electron chi connectivity index (χ3n) is 3.53. The van der Waals surface area contributed by atoms with Crippen LogP contribution in [0.3, 0.4) is 0 Å². The summed E-state index contributed by atoms with van der Waals surface area (Å²) in [7, 11) is 4.22. The number of hydrogen-bond acceptors (Lipinski definition) is 2. The molecule has 0 radical (unpaired) electrons. The molecule has 0 aliphatic carbocycles. The summed E-state index contributed by atoms with van der Waals surface area (Å²) in [5.74, 6) is 0.536. The van der Waals surface area contributed by atoms with Crippen molar-refractivity contribution >= 4 is 23.3 Å². The van der Waals surface area contributed by atoms with Gasteiger partial charge < -0.3 is 14.5 Å². The normalized spacial score (nSPS) is 13.6. The minimum Gasteiger partial charge on any atom is -0.331 e. The number of benzene rings is 1. The Labute approximate surface area is 120 Å². The summed E-state index contributed by atoms with van der Waals surface area (Å²) >= 11 is 5.53. The number of fused-ring (bicyclic) bond motifs is 1. The molecule has 1 heterocycles. The summed E-state index contributed by atoms with van der Waals surface area (Å²) in [6, 6.07) is 6.87. The van der Waals surface area contributed by atoms with E-state index in [2.05, 4.69) is 67.5 Å². The first-order valence-corrected chi connectivity index (χ1v) is 7.16. The Hall–Kier alpha value is -1.13. The lowest BCUT2D eigenvalue weighted by Crippen LogP contribution is -2.28. The standard InChI is InChI=1S/C15H23N3S/c1-10(2)14(9-17(4)5)18-13-7-6-11(3)8-12(13)16-15(18)19/h6-8,10,14H,9H2,1-5H3,(H,16,19). The second-order valence-corrected chi connectivity index (χ2v) is 6.28. The zero-order valence-corrected chi connectivity index (χ0v) is 13.2. The summed E-state index contributed by atoms with van der Waals surface area (Å²) in [5, 5.41) is 0. The van der Waals surface area contributed by atoms with Gasteiger partial charge in [0.1, 0.15) is 0 Å². The molecule has 19 heavy (non-hydrogen) atoms. The van der Waals surface area contributed by atoms with Crippen molar-refractivity contribution in [3.8, 4) is 0 Å². The highest BCUT2D eigenvalue weighted by Gasteiger charge is 2.19. The van der Waals surface area contributed by atoms with Crippen molar-refractivity contribution in [2.24, 2.45) is 5.92 Å². The van der Waals surface area contributed by atoms with Crippen LogP contribution in [-0.2, 0) is 0 Å². The van der Waals surface area contributed by atoms with Crippen molar-refractivity contribution in [3.63, 3.8) is 0 Å². The molecular weight excluding hydrogens is 254 g/mol. The molecule has 0 saturated heterocycles. The Balaban J connectivity index is 2.59. The van der Waals surface area contributed by atoms with Gasteiger partial charge in [-0.3, -0.25) is 0 Å². The second kappa shape index (κ2) is 5.47. The Morgan fingerprint density at radius 3 is 2.58 bits per heavy atom. The summed E-state index contributed by atoms with van der Waals surface area (Å²) in [4.78, 5) is 5.56. The number of nitrogens with one attached hydrogen (secondary N) is 1. The van der Waals surface area contributed by atoms with Crippen LogP contribution in [-0.4, -0.2) is 35.1 Å². The van der Waals surface area contributed by atoms with Gasteiger partial charge >= 0.3 is 0 Å². The molecule has 3 nitrogen and oxygen atoms in total. The van der Waals surface area contributed by atoms with E-state index < -0.39 is 0 Å². The minimum absolute atomic E-state index is 0.388. The average Bonchev–Trinajstić information content (AvgIpc) is 2.60. The number of H-pyrrole nitrogens is 1.